The second-order valence-electron chi connectivity index (χ2n) is 9.55. The van der Waals surface area contributed by atoms with Gasteiger partial charge >= 0.3 is 6.03 Å². The molecule has 2 aliphatic rings. The molecular formula is C26H36N6O2. The predicted octanol–water partition coefficient (Wildman–Crippen LogP) is 2.97. The van der Waals surface area contributed by atoms with Crippen LogP contribution in [0.1, 0.15) is 24.0 Å². The number of ether oxygens (including phenoxy) is 1. The molecule has 2 aromatic rings. The number of anilines is 2. The minimum absolute atomic E-state index is 0.00144. The average Bonchev–Trinajstić information content (AvgIpc) is 2.82. The van der Waals surface area contributed by atoms with Crippen LogP contribution in [0, 0.1) is 17.2 Å². The van der Waals surface area contributed by atoms with Crippen molar-refractivity contribution in [1.82, 2.24) is 9.80 Å². The van der Waals surface area contributed by atoms with Crippen LogP contribution in [0.3, 0.4) is 0 Å². The molecule has 4 rings (SSSR count). The number of hydrogen-bond donors (Lipinski definition) is 3. The molecular weight excluding hydrogens is 428 g/mol. The van der Waals surface area contributed by atoms with Crippen LogP contribution >= 0.6 is 0 Å². The van der Waals surface area contributed by atoms with Crippen molar-refractivity contribution in [2.24, 2.45) is 17.6 Å². The van der Waals surface area contributed by atoms with Crippen LogP contribution in [0.5, 0.6) is 0 Å². The van der Waals surface area contributed by atoms with Crippen LogP contribution in [0.25, 0.3) is 0 Å². The predicted molar refractivity (Wildman–Crippen MR) is 136 cm³/mol. The molecule has 0 spiro atoms. The first-order valence-corrected chi connectivity index (χ1v) is 12.0. The lowest BCUT2D eigenvalue weighted by Crippen LogP contribution is -2.56. The Morgan fingerprint density at radius 3 is 2.56 bits per heavy atom. The van der Waals surface area contributed by atoms with Crippen LogP contribution in [-0.2, 0) is 11.3 Å². The van der Waals surface area contributed by atoms with E-state index in [1.165, 1.54) is 5.56 Å². The molecule has 8 heteroatoms. The molecule has 0 aliphatic carbocycles. The van der Waals surface area contributed by atoms with Crippen molar-refractivity contribution in [3.05, 3.63) is 59.7 Å². The van der Waals surface area contributed by atoms with E-state index in [0.717, 1.165) is 50.4 Å². The largest absolute Gasteiger partial charge is 0.399 e. The van der Waals surface area contributed by atoms with Gasteiger partial charge in [-0.2, -0.15) is 0 Å². The Morgan fingerprint density at radius 2 is 1.85 bits per heavy atom. The van der Waals surface area contributed by atoms with Crippen molar-refractivity contribution >= 4 is 23.2 Å². The van der Waals surface area contributed by atoms with Crippen molar-refractivity contribution in [3.8, 4) is 0 Å². The van der Waals surface area contributed by atoms with Gasteiger partial charge in [-0.15, -0.1) is 0 Å². The zero-order valence-electron chi connectivity index (χ0n) is 20.0. The summed E-state index contributed by atoms with van der Waals surface area (Å²) in [7, 11) is 1.71. The van der Waals surface area contributed by atoms with Gasteiger partial charge in [0.1, 0.15) is 5.84 Å². The van der Waals surface area contributed by atoms with E-state index < -0.39 is 0 Å². The Hall–Kier alpha value is -3.10. The first kappa shape index (κ1) is 24.0. The number of carbonyl (C=O) groups is 1. The number of nitrogens with zero attached hydrogens (tertiary/aromatic N) is 3. The number of methoxy groups -OCH3 is 1. The molecule has 0 saturated carbocycles. The molecule has 5 N–H and O–H groups in total. The fraction of sp³-hybridized carbons (Fsp3) is 0.462. The van der Waals surface area contributed by atoms with Crippen LogP contribution in [-0.4, -0.2) is 68.1 Å². The Morgan fingerprint density at radius 1 is 1.09 bits per heavy atom. The first-order valence-electron chi connectivity index (χ1n) is 12.0. The highest BCUT2D eigenvalue weighted by Gasteiger charge is 2.34. The van der Waals surface area contributed by atoms with E-state index in [1.54, 1.807) is 13.2 Å². The highest BCUT2D eigenvalue weighted by atomic mass is 16.5. The maximum atomic E-state index is 13.5. The lowest BCUT2D eigenvalue weighted by atomic mass is 9.94. The van der Waals surface area contributed by atoms with Crippen LogP contribution in [0.15, 0.2) is 48.5 Å². The summed E-state index contributed by atoms with van der Waals surface area (Å²) in [6.07, 6.45) is 2.14. The first-order chi connectivity index (χ1) is 16.4. The summed E-state index contributed by atoms with van der Waals surface area (Å²) in [6.45, 7) is 5.62. The van der Waals surface area contributed by atoms with E-state index in [-0.39, 0.29) is 17.8 Å². The van der Waals surface area contributed by atoms with E-state index >= 15 is 0 Å². The number of likely N-dealkylation sites (tertiary alicyclic amines) is 1. The number of urea groups is 1. The second kappa shape index (κ2) is 10.9. The highest BCUT2D eigenvalue weighted by Crippen LogP contribution is 2.27. The molecule has 2 fully saturated rings. The quantitative estimate of drug-likeness (QED) is 0.316. The lowest BCUT2D eigenvalue weighted by Gasteiger charge is -2.42. The Balaban J connectivity index is 1.39. The molecule has 2 amide bonds. The second-order valence-corrected chi connectivity index (χ2v) is 9.55. The normalized spacial score (nSPS) is 20.0. The molecule has 1 unspecified atom stereocenters. The molecule has 2 saturated heterocycles. The van der Waals surface area contributed by atoms with Gasteiger partial charge in [0.05, 0.1) is 6.61 Å². The molecule has 2 aromatic carbocycles. The summed E-state index contributed by atoms with van der Waals surface area (Å²) >= 11 is 0. The Labute approximate surface area is 202 Å². The zero-order chi connectivity index (χ0) is 24.1. The van der Waals surface area contributed by atoms with Crippen molar-refractivity contribution in [2.75, 3.05) is 57.1 Å². The van der Waals surface area contributed by atoms with E-state index in [2.05, 4.69) is 11.0 Å². The molecule has 1 atom stereocenters. The van der Waals surface area contributed by atoms with Crippen molar-refractivity contribution in [1.29, 1.82) is 5.41 Å². The molecule has 0 bridgehead atoms. The minimum atomic E-state index is 0.00144. The smallest absolute Gasteiger partial charge is 0.324 e. The molecule has 2 heterocycles. The third kappa shape index (κ3) is 5.87. The van der Waals surface area contributed by atoms with Gasteiger partial charge in [-0.25, -0.2) is 4.79 Å². The molecule has 0 aromatic heterocycles. The number of piperidine rings is 1. The van der Waals surface area contributed by atoms with Gasteiger partial charge < -0.3 is 21.1 Å². The number of rotatable bonds is 8. The van der Waals surface area contributed by atoms with E-state index in [9.17, 15) is 4.79 Å². The summed E-state index contributed by atoms with van der Waals surface area (Å²) < 4.78 is 5.45. The summed E-state index contributed by atoms with van der Waals surface area (Å²) in [5.41, 5.74) is 15.1. The summed E-state index contributed by atoms with van der Waals surface area (Å²) in [4.78, 5) is 19.7. The zero-order valence-corrected chi connectivity index (χ0v) is 20.0. The van der Waals surface area contributed by atoms with E-state index in [0.29, 0.717) is 31.2 Å². The average molecular weight is 465 g/mol. The summed E-state index contributed by atoms with van der Waals surface area (Å²) in [6, 6.07) is 15.5. The standard InChI is InChI=1S/C26H36N6O2/c1-34-18-21-16-31(26(33)32(17-21)24-7-3-5-22(13-24)25(28)29)15-19-8-10-30(11-9-19)14-20-4-2-6-23(27)12-20/h2-7,12-13,19,21H,8-11,14-18,27H2,1H3,(H3,28,29). The van der Waals surface area contributed by atoms with Gasteiger partial charge in [-0.3, -0.25) is 15.2 Å². The van der Waals surface area contributed by atoms with Gasteiger partial charge in [0.15, 0.2) is 0 Å². The highest BCUT2D eigenvalue weighted by molar-refractivity contribution is 5.98. The van der Waals surface area contributed by atoms with Crippen molar-refractivity contribution < 1.29 is 9.53 Å². The SMILES string of the molecule is COCC1CN(CC2CCN(Cc3cccc(N)c3)CC2)C(=O)N(c2cccc(C(=N)N)c2)C1. The van der Waals surface area contributed by atoms with Gasteiger partial charge in [0.25, 0.3) is 0 Å². The van der Waals surface area contributed by atoms with Crippen molar-refractivity contribution in [2.45, 2.75) is 19.4 Å². The number of benzene rings is 2. The fourth-order valence-corrected chi connectivity index (χ4v) is 5.09. The molecule has 0 radical (unpaired) electrons. The van der Waals surface area contributed by atoms with E-state index in [1.807, 2.05) is 46.2 Å². The summed E-state index contributed by atoms with van der Waals surface area (Å²) in [5, 5.41) is 7.74. The van der Waals surface area contributed by atoms with Crippen LogP contribution < -0.4 is 16.4 Å². The Kier molecular flexibility index (Phi) is 7.70. The number of hydrogen-bond acceptors (Lipinski definition) is 5. The van der Waals surface area contributed by atoms with Crippen LogP contribution in [0.4, 0.5) is 16.2 Å². The van der Waals surface area contributed by atoms with Crippen molar-refractivity contribution in [3.63, 3.8) is 0 Å². The monoisotopic (exact) mass is 464 g/mol. The topological polar surface area (TPSA) is 112 Å². The Bertz CT molecular complexity index is 1000. The lowest BCUT2D eigenvalue weighted by molar-refractivity contribution is 0.0986. The molecule has 34 heavy (non-hydrogen) atoms. The molecule has 2 aliphatic heterocycles. The number of amides is 2. The molecule has 8 nitrogen and oxygen atoms in total. The number of nitrogens with one attached hydrogen (secondary N) is 1. The van der Waals surface area contributed by atoms with Gasteiger partial charge in [0, 0.05) is 56.1 Å². The molecule has 182 valence electrons. The van der Waals surface area contributed by atoms with Gasteiger partial charge in [-0.05, 0) is 61.7 Å². The third-order valence-corrected chi connectivity index (χ3v) is 6.83. The minimum Gasteiger partial charge on any atom is -0.399 e. The number of amidine groups is 1. The summed E-state index contributed by atoms with van der Waals surface area (Å²) in [5.74, 6) is 0.710. The van der Waals surface area contributed by atoms with Gasteiger partial charge in [0.2, 0.25) is 0 Å². The number of nitrogens with two attached hydrogens (primary N) is 2. The number of carbonyl (C=O) groups excluding carboxylic acids is 1. The van der Waals surface area contributed by atoms with Crippen LogP contribution in [0.2, 0.25) is 0 Å². The number of nitrogen functional groups attached to an aromatic ring is 2. The maximum absolute atomic E-state index is 13.5. The van der Waals surface area contributed by atoms with E-state index in [4.69, 9.17) is 21.6 Å². The van der Waals surface area contributed by atoms with Gasteiger partial charge in [-0.1, -0.05) is 24.3 Å². The maximum Gasteiger partial charge on any atom is 0.324 e. The fourth-order valence-electron chi connectivity index (χ4n) is 5.09. The third-order valence-electron chi connectivity index (χ3n) is 6.83.